The Morgan fingerprint density at radius 2 is 1.62 bits per heavy atom. The lowest BCUT2D eigenvalue weighted by Gasteiger charge is -2.10. The van der Waals surface area contributed by atoms with Crippen molar-refractivity contribution >= 4 is 29.1 Å². The number of hydrogen-bond acceptors (Lipinski definition) is 4. The van der Waals surface area contributed by atoms with E-state index in [9.17, 15) is 4.79 Å². The van der Waals surface area contributed by atoms with Crippen LogP contribution in [-0.2, 0) is 0 Å². The minimum absolute atomic E-state index is 0.307. The number of carbonyl (C=O) groups excluding carboxylic acids is 1. The first-order chi connectivity index (χ1) is 15.6. The SMILES string of the molecule is Nc1c(NC(=O)NCCOc2ccccc2)c(-c2ccccc2)nn1-c1ccc(Cl)cc1. The Kier molecular flexibility index (Phi) is 6.57. The first-order valence-corrected chi connectivity index (χ1v) is 10.4. The van der Waals surface area contributed by atoms with Crippen LogP contribution in [0.4, 0.5) is 16.3 Å². The Morgan fingerprint density at radius 3 is 2.31 bits per heavy atom. The standard InChI is InChI=1S/C24H22ClN5O2/c25-18-11-13-19(14-12-18)30-23(26)22(21(29-30)17-7-3-1-4-8-17)28-24(31)27-15-16-32-20-9-5-2-6-10-20/h1-14H,15-16,26H2,(H2,27,28,31). The van der Waals surface area contributed by atoms with Crippen LogP contribution >= 0.6 is 11.6 Å². The molecule has 3 aromatic carbocycles. The Morgan fingerprint density at radius 1 is 0.969 bits per heavy atom. The summed E-state index contributed by atoms with van der Waals surface area (Å²) < 4.78 is 7.18. The number of carbonyl (C=O) groups is 1. The van der Waals surface area contributed by atoms with Gasteiger partial charge in [-0.2, -0.15) is 5.10 Å². The Hall–Kier alpha value is -3.97. The molecule has 0 saturated heterocycles. The highest BCUT2D eigenvalue weighted by atomic mass is 35.5. The maximum absolute atomic E-state index is 12.6. The van der Waals surface area contributed by atoms with Crippen LogP contribution in [0.1, 0.15) is 0 Å². The van der Waals surface area contributed by atoms with Gasteiger partial charge in [0.1, 0.15) is 23.7 Å². The highest BCUT2D eigenvalue weighted by Gasteiger charge is 2.20. The second-order valence-electron chi connectivity index (χ2n) is 6.91. The third-order valence-electron chi connectivity index (χ3n) is 4.68. The van der Waals surface area contributed by atoms with E-state index < -0.39 is 6.03 Å². The number of nitrogens with zero attached hydrogens (tertiary/aromatic N) is 2. The summed E-state index contributed by atoms with van der Waals surface area (Å²) in [6.45, 7) is 0.662. The van der Waals surface area contributed by atoms with Gasteiger partial charge < -0.3 is 21.1 Å². The predicted octanol–water partition coefficient (Wildman–Crippen LogP) is 4.98. The maximum atomic E-state index is 12.6. The predicted molar refractivity (Wildman–Crippen MR) is 127 cm³/mol. The van der Waals surface area contributed by atoms with E-state index in [4.69, 9.17) is 22.1 Å². The number of ether oxygens (including phenoxy) is 1. The molecule has 4 aromatic rings. The minimum Gasteiger partial charge on any atom is -0.492 e. The number of anilines is 2. The van der Waals surface area contributed by atoms with E-state index >= 15 is 0 Å². The smallest absolute Gasteiger partial charge is 0.319 e. The number of halogens is 1. The minimum atomic E-state index is -0.402. The molecule has 0 fully saturated rings. The monoisotopic (exact) mass is 447 g/mol. The number of nitrogens with one attached hydrogen (secondary N) is 2. The summed E-state index contributed by atoms with van der Waals surface area (Å²) in [4.78, 5) is 12.6. The summed E-state index contributed by atoms with van der Waals surface area (Å²) in [5.74, 6) is 1.05. The fourth-order valence-electron chi connectivity index (χ4n) is 3.14. The molecule has 162 valence electrons. The normalized spacial score (nSPS) is 10.5. The zero-order valence-electron chi connectivity index (χ0n) is 17.2. The number of amides is 2. The number of hydrogen-bond donors (Lipinski definition) is 3. The summed E-state index contributed by atoms with van der Waals surface area (Å²) in [7, 11) is 0. The van der Waals surface area contributed by atoms with Gasteiger partial charge in [0.15, 0.2) is 5.82 Å². The molecular formula is C24H22ClN5O2. The number of urea groups is 1. The molecule has 1 heterocycles. The van der Waals surface area contributed by atoms with Gasteiger partial charge in [-0.05, 0) is 36.4 Å². The second-order valence-corrected chi connectivity index (χ2v) is 7.34. The van der Waals surface area contributed by atoms with Gasteiger partial charge in [0.05, 0.1) is 12.2 Å². The van der Waals surface area contributed by atoms with E-state index in [0.717, 1.165) is 17.0 Å². The quantitative estimate of drug-likeness (QED) is 0.348. The van der Waals surface area contributed by atoms with E-state index in [-0.39, 0.29) is 0 Å². The number of nitrogens with two attached hydrogens (primary N) is 1. The van der Waals surface area contributed by atoms with Crippen LogP contribution < -0.4 is 21.1 Å². The van der Waals surface area contributed by atoms with Crippen molar-refractivity contribution in [1.82, 2.24) is 15.1 Å². The molecule has 8 heteroatoms. The van der Waals surface area contributed by atoms with Crippen molar-refractivity contribution in [3.8, 4) is 22.7 Å². The number of rotatable bonds is 7. The van der Waals surface area contributed by atoms with E-state index in [1.807, 2.05) is 72.8 Å². The summed E-state index contributed by atoms with van der Waals surface area (Å²) in [6.07, 6.45) is 0. The Labute approximate surface area is 190 Å². The fourth-order valence-corrected chi connectivity index (χ4v) is 3.27. The second kappa shape index (κ2) is 9.89. The van der Waals surface area contributed by atoms with E-state index in [1.54, 1.807) is 16.8 Å². The third kappa shape index (κ3) is 5.01. The molecule has 0 saturated carbocycles. The summed E-state index contributed by atoms with van der Waals surface area (Å²) in [5.41, 5.74) is 8.94. The van der Waals surface area contributed by atoms with Crippen LogP contribution in [0, 0.1) is 0 Å². The van der Waals surface area contributed by atoms with Crippen molar-refractivity contribution in [1.29, 1.82) is 0 Å². The van der Waals surface area contributed by atoms with Crippen LogP contribution in [-0.4, -0.2) is 29.0 Å². The van der Waals surface area contributed by atoms with E-state index in [1.165, 1.54) is 0 Å². The largest absolute Gasteiger partial charge is 0.492 e. The van der Waals surface area contributed by atoms with Gasteiger partial charge in [0.2, 0.25) is 0 Å². The summed E-state index contributed by atoms with van der Waals surface area (Å²) in [5, 5.41) is 10.9. The van der Waals surface area contributed by atoms with Crippen LogP contribution in [0.5, 0.6) is 5.75 Å². The van der Waals surface area contributed by atoms with Gasteiger partial charge in [-0.1, -0.05) is 60.1 Å². The van der Waals surface area contributed by atoms with Crippen molar-refractivity contribution in [3.05, 3.63) is 90.0 Å². The molecule has 32 heavy (non-hydrogen) atoms. The molecule has 4 rings (SSSR count). The molecule has 4 N–H and O–H groups in total. The van der Waals surface area contributed by atoms with Crippen molar-refractivity contribution in [3.63, 3.8) is 0 Å². The average molecular weight is 448 g/mol. The Bertz CT molecular complexity index is 1180. The first-order valence-electron chi connectivity index (χ1n) is 10.0. The maximum Gasteiger partial charge on any atom is 0.319 e. The fraction of sp³-hybridized carbons (Fsp3) is 0.0833. The number of nitrogen functional groups attached to an aromatic ring is 1. The molecule has 0 aliphatic rings. The third-order valence-corrected chi connectivity index (χ3v) is 4.93. The van der Waals surface area contributed by atoms with E-state index in [2.05, 4.69) is 15.7 Å². The van der Waals surface area contributed by atoms with Gasteiger partial charge in [-0.25, -0.2) is 9.48 Å². The highest BCUT2D eigenvalue weighted by molar-refractivity contribution is 6.30. The van der Waals surface area contributed by atoms with Crippen molar-refractivity contribution in [2.45, 2.75) is 0 Å². The summed E-state index contributed by atoms with van der Waals surface area (Å²) in [6, 6.07) is 25.7. The molecule has 0 aliphatic heterocycles. The number of benzene rings is 3. The molecule has 2 amide bonds. The lowest BCUT2D eigenvalue weighted by molar-refractivity contribution is 0.247. The lowest BCUT2D eigenvalue weighted by Crippen LogP contribution is -2.32. The summed E-state index contributed by atoms with van der Waals surface area (Å²) >= 11 is 6.00. The number of para-hydroxylation sites is 1. The van der Waals surface area contributed by atoms with Crippen LogP contribution in [0.3, 0.4) is 0 Å². The zero-order chi connectivity index (χ0) is 22.3. The van der Waals surface area contributed by atoms with Crippen molar-refractivity contribution in [2.75, 3.05) is 24.2 Å². The molecule has 0 bridgehead atoms. The van der Waals surface area contributed by atoms with Crippen LogP contribution in [0.15, 0.2) is 84.9 Å². The van der Waals surface area contributed by atoms with Gasteiger partial charge in [-0.3, -0.25) is 0 Å². The molecule has 0 radical (unpaired) electrons. The molecule has 0 aliphatic carbocycles. The number of aromatic nitrogens is 2. The van der Waals surface area contributed by atoms with Gasteiger partial charge >= 0.3 is 6.03 Å². The molecule has 0 unspecified atom stereocenters. The average Bonchev–Trinajstić information content (AvgIpc) is 3.14. The van der Waals surface area contributed by atoms with E-state index in [0.29, 0.717) is 35.4 Å². The van der Waals surface area contributed by atoms with Gasteiger partial charge in [0, 0.05) is 10.6 Å². The highest BCUT2D eigenvalue weighted by Crippen LogP contribution is 2.34. The lowest BCUT2D eigenvalue weighted by atomic mass is 10.1. The van der Waals surface area contributed by atoms with Crippen molar-refractivity contribution < 1.29 is 9.53 Å². The molecular weight excluding hydrogens is 426 g/mol. The van der Waals surface area contributed by atoms with Crippen molar-refractivity contribution in [2.24, 2.45) is 0 Å². The molecule has 7 nitrogen and oxygen atoms in total. The molecule has 0 spiro atoms. The molecule has 0 atom stereocenters. The topological polar surface area (TPSA) is 94.2 Å². The first kappa shape index (κ1) is 21.3. The van der Waals surface area contributed by atoms with Gasteiger partial charge in [-0.15, -0.1) is 0 Å². The van der Waals surface area contributed by atoms with Crippen LogP contribution in [0.25, 0.3) is 16.9 Å². The van der Waals surface area contributed by atoms with Crippen LogP contribution in [0.2, 0.25) is 5.02 Å². The zero-order valence-corrected chi connectivity index (χ0v) is 17.9. The van der Waals surface area contributed by atoms with Gasteiger partial charge in [0.25, 0.3) is 0 Å². The molecule has 1 aromatic heterocycles. The Balaban J connectivity index is 1.51.